The Morgan fingerprint density at radius 3 is 2.94 bits per heavy atom. The molecule has 1 atom stereocenters. The summed E-state index contributed by atoms with van der Waals surface area (Å²) >= 11 is 0. The van der Waals surface area contributed by atoms with E-state index in [4.69, 9.17) is 0 Å². The number of carbonyl (C=O) groups is 1. The van der Waals surface area contributed by atoms with Gasteiger partial charge in [-0.05, 0) is 20.3 Å². The van der Waals surface area contributed by atoms with Crippen LogP contribution in [0.25, 0.3) is 0 Å². The first-order valence-electron chi connectivity index (χ1n) is 6.04. The summed E-state index contributed by atoms with van der Waals surface area (Å²) in [5.74, 6) is 0.866. The molecule has 0 saturated heterocycles. The molecule has 0 fully saturated rings. The first kappa shape index (κ1) is 13.6. The maximum absolute atomic E-state index is 11.5. The largest absolute Gasteiger partial charge is 0.353 e. The third kappa shape index (κ3) is 4.52. The highest BCUT2D eigenvalue weighted by molar-refractivity contribution is 5.78. The molecule has 0 aliphatic rings. The Morgan fingerprint density at radius 1 is 1.53 bits per heavy atom. The van der Waals surface area contributed by atoms with E-state index in [1.807, 2.05) is 25.3 Å². The van der Waals surface area contributed by atoms with Crippen molar-refractivity contribution in [3.05, 3.63) is 12.2 Å². The van der Waals surface area contributed by atoms with Crippen LogP contribution in [0.2, 0.25) is 0 Å². The third-order valence-corrected chi connectivity index (χ3v) is 2.62. The van der Waals surface area contributed by atoms with Gasteiger partial charge in [0.05, 0.1) is 13.1 Å². The summed E-state index contributed by atoms with van der Waals surface area (Å²) in [4.78, 5) is 11.5. The molecule has 2 N–H and O–H groups in total. The zero-order valence-electron chi connectivity index (χ0n) is 10.7. The molecule has 1 amide bonds. The van der Waals surface area contributed by atoms with Crippen molar-refractivity contribution < 1.29 is 4.79 Å². The molecule has 1 aromatic heterocycles. The molecular weight excluding hydrogens is 218 g/mol. The van der Waals surface area contributed by atoms with Crippen LogP contribution in [0.1, 0.15) is 33.0 Å². The Kier molecular flexibility index (Phi) is 5.62. The summed E-state index contributed by atoms with van der Waals surface area (Å²) in [6.07, 6.45) is 2.63. The number of nitrogens with one attached hydrogen (secondary N) is 2. The van der Waals surface area contributed by atoms with Crippen LogP contribution in [0.5, 0.6) is 0 Å². The third-order valence-electron chi connectivity index (χ3n) is 2.62. The Balaban J connectivity index is 2.26. The van der Waals surface area contributed by atoms with Gasteiger partial charge in [-0.15, -0.1) is 10.2 Å². The summed E-state index contributed by atoms with van der Waals surface area (Å²) in [6, 6.07) is 0.226. The van der Waals surface area contributed by atoms with Crippen molar-refractivity contribution in [2.75, 3.05) is 6.54 Å². The predicted molar refractivity (Wildman–Crippen MR) is 65.3 cm³/mol. The van der Waals surface area contributed by atoms with Crippen molar-refractivity contribution in [3.63, 3.8) is 0 Å². The molecular formula is C11H21N5O. The molecule has 0 aromatic carbocycles. The van der Waals surface area contributed by atoms with Crippen molar-refractivity contribution in [3.8, 4) is 0 Å². The fourth-order valence-corrected chi connectivity index (χ4v) is 1.40. The molecule has 0 spiro atoms. The molecule has 0 aliphatic carbocycles. The fourth-order valence-electron chi connectivity index (χ4n) is 1.40. The minimum atomic E-state index is 0.0157. The molecule has 6 nitrogen and oxygen atoms in total. The second kappa shape index (κ2) is 7.01. The SMILES string of the molecule is CCC(C)NC(=O)CNCc1nncn1CC. The molecule has 17 heavy (non-hydrogen) atoms. The van der Waals surface area contributed by atoms with Crippen LogP contribution in [0.15, 0.2) is 6.33 Å². The molecule has 1 heterocycles. The Hall–Kier alpha value is -1.43. The van der Waals surface area contributed by atoms with Gasteiger partial charge >= 0.3 is 0 Å². The highest BCUT2D eigenvalue weighted by Gasteiger charge is 2.06. The number of rotatable bonds is 7. The van der Waals surface area contributed by atoms with Crippen LogP contribution in [0.4, 0.5) is 0 Å². The fraction of sp³-hybridized carbons (Fsp3) is 0.727. The van der Waals surface area contributed by atoms with E-state index in [-0.39, 0.29) is 11.9 Å². The lowest BCUT2D eigenvalue weighted by molar-refractivity contribution is -0.120. The summed E-state index contributed by atoms with van der Waals surface area (Å²) in [7, 11) is 0. The van der Waals surface area contributed by atoms with Crippen LogP contribution in [-0.2, 0) is 17.9 Å². The van der Waals surface area contributed by atoms with E-state index in [1.54, 1.807) is 6.33 Å². The van der Waals surface area contributed by atoms with Gasteiger partial charge in [-0.3, -0.25) is 4.79 Å². The first-order valence-corrected chi connectivity index (χ1v) is 6.04. The zero-order valence-corrected chi connectivity index (χ0v) is 10.7. The second-order valence-corrected chi connectivity index (χ2v) is 4.01. The standard InChI is InChI=1S/C11H21N5O/c1-4-9(3)14-11(17)7-12-6-10-15-13-8-16(10)5-2/h8-9,12H,4-7H2,1-3H3,(H,14,17). The summed E-state index contributed by atoms with van der Waals surface area (Å²) in [5.41, 5.74) is 0. The van der Waals surface area contributed by atoms with Gasteiger partial charge < -0.3 is 15.2 Å². The predicted octanol–water partition coefficient (Wildman–Crippen LogP) is 0.302. The van der Waals surface area contributed by atoms with Crippen molar-refractivity contribution in [2.45, 2.75) is 46.3 Å². The van der Waals surface area contributed by atoms with Crippen molar-refractivity contribution >= 4 is 5.91 Å². The maximum atomic E-state index is 11.5. The molecule has 0 aliphatic heterocycles. The molecule has 6 heteroatoms. The summed E-state index contributed by atoms with van der Waals surface area (Å²) in [6.45, 7) is 7.77. The van der Waals surface area contributed by atoms with E-state index >= 15 is 0 Å². The van der Waals surface area contributed by atoms with E-state index < -0.39 is 0 Å². The van der Waals surface area contributed by atoms with Crippen molar-refractivity contribution in [1.82, 2.24) is 25.4 Å². The lowest BCUT2D eigenvalue weighted by Gasteiger charge is -2.11. The first-order chi connectivity index (χ1) is 8.17. The topological polar surface area (TPSA) is 71.8 Å². The van der Waals surface area contributed by atoms with E-state index in [2.05, 4.69) is 20.8 Å². The number of nitrogens with zero attached hydrogens (tertiary/aromatic N) is 3. The van der Waals surface area contributed by atoms with E-state index in [9.17, 15) is 4.79 Å². The molecule has 0 radical (unpaired) electrons. The highest BCUT2D eigenvalue weighted by atomic mass is 16.1. The molecule has 96 valence electrons. The van der Waals surface area contributed by atoms with Gasteiger partial charge in [-0.25, -0.2) is 0 Å². The highest BCUT2D eigenvalue weighted by Crippen LogP contribution is 1.93. The Morgan fingerprint density at radius 2 is 2.29 bits per heavy atom. The van der Waals surface area contributed by atoms with Crippen LogP contribution >= 0.6 is 0 Å². The smallest absolute Gasteiger partial charge is 0.234 e. The number of hydrogen-bond donors (Lipinski definition) is 2. The van der Waals surface area contributed by atoms with Gasteiger partial charge in [0, 0.05) is 12.6 Å². The Labute approximate surface area is 102 Å². The summed E-state index contributed by atoms with van der Waals surface area (Å²) in [5, 5.41) is 13.8. The van der Waals surface area contributed by atoms with E-state index in [0.29, 0.717) is 13.1 Å². The average Bonchev–Trinajstić information content (AvgIpc) is 2.76. The lowest BCUT2D eigenvalue weighted by Crippen LogP contribution is -2.38. The summed E-state index contributed by atoms with van der Waals surface area (Å²) < 4.78 is 1.94. The van der Waals surface area contributed by atoms with Gasteiger partial charge in [0.2, 0.25) is 5.91 Å². The van der Waals surface area contributed by atoms with E-state index in [1.165, 1.54) is 0 Å². The number of amides is 1. The number of aryl methyl sites for hydroxylation is 1. The quantitative estimate of drug-likeness (QED) is 0.718. The van der Waals surface area contributed by atoms with Crippen LogP contribution in [-0.4, -0.2) is 33.3 Å². The monoisotopic (exact) mass is 239 g/mol. The number of carbonyl (C=O) groups excluding carboxylic acids is 1. The molecule has 0 saturated carbocycles. The van der Waals surface area contributed by atoms with Crippen LogP contribution < -0.4 is 10.6 Å². The molecule has 1 unspecified atom stereocenters. The van der Waals surface area contributed by atoms with Crippen molar-refractivity contribution in [2.24, 2.45) is 0 Å². The zero-order chi connectivity index (χ0) is 12.7. The average molecular weight is 239 g/mol. The normalized spacial score (nSPS) is 12.4. The minimum Gasteiger partial charge on any atom is -0.353 e. The van der Waals surface area contributed by atoms with Gasteiger partial charge in [0.15, 0.2) is 0 Å². The molecule has 1 rings (SSSR count). The lowest BCUT2D eigenvalue weighted by atomic mass is 10.2. The van der Waals surface area contributed by atoms with Gasteiger partial charge in [-0.2, -0.15) is 0 Å². The van der Waals surface area contributed by atoms with Gasteiger partial charge in [0.25, 0.3) is 0 Å². The van der Waals surface area contributed by atoms with Crippen LogP contribution in [0, 0.1) is 0 Å². The Bertz CT molecular complexity index is 349. The number of hydrogen-bond acceptors (Lipinski definition) is 4. The number of aromatic nitrogens is 3. The van der Waals surface area contributed by atoms with Gasteiger partial charge in [-0.1, -0.05) is 6.92 Å². The maximum Gasteiger partial charge on any atom is 0.234 e. The van der Waals surface area contributed by atoms with Crippen LogP contribution in [0.3, 0.4) is 0 Å². The van der Waals surface area contributed by atoms with E-state index in [0.717, 1.165) is 18.8 Å². The van der Waals surface area contributed by atoms with Crippen molar-refractivity contribution in [1.29, 1.82) is 0 Å². The van der Waals surface area contributed by atoms with Gasteiger partial charge in [0.1, 0.15) is 12.2 Å². The minimum absolute atomic E-state index is 0.0157. The molecule has 0 bridgehead atoms. The second-order valence-electron chi connectivity index (χ2n) is 4.01. The molecule has 1 aromatic rings.